The molecule has 1 saturated heterocycles. The van der Waals surface area contributed by atoms with Crippen molar-refractivity contribution >= 4 is 5.97 Å². The van der Waals surface area contributed by atoms with Gasteiger partial charge in [-0.3, -0.25) is 4.79 Å². The van der Waals surface area contributed by atoms with Crippen molar-refractivity contribution in [3.05, 3.63) is 34.9 Å². The first kappa shape index (κ1) is 12.1. The average molecular weight is 235 g/mol. The molecule has 1 aromatic carbocycles. The van der Waals surface area contributed by atoms with Crippen molar-refractivity contribution < 1.29 is 14.6 Å². The molecule has 4 nitrogen and oxygen atoms in total. The number of ether oxygens (including phenoxy) is 1. The Labute approximate surface area is 100 Å². The zero-order valence-electron chi connectivity index (χ0n) is 10.1. The summed E-state index contributed by atoms with van der Waals surface area (Å²) in [7, 11) is 0. The highest BCUT2D eigenvalue weighted by atomic mass is 16.5. The molecule has 1 aliphatic rings. The van der Waals surface area contributed by atoms with E-state index in [4.69, 9.17) is 10.5 Å². The van der Waals surface area contributed by atoms with Crippen LogP contribution in [0.25, 0.3) is 0 Å². The van der Waals surface area contributed by atoms with Crippen molar-refractivity contribution in [2.75, 3.05) is 13.2 Å². The number of carboxylic acids is 1. The van der Waals surface area contributed by atoms with E-state index in [1.54, 1.807) is 0 Å². The second kappa shape index (κ2) is 4.13. The number of aliphatic carboxylic acids is 1. The van der Waals surface area contributed by atoms with Crippen LogP contribution in [0.4, 0.5) is 0 Å². The van der Waals surface area contributed by atoms with Gasteiger partial charge in [0.25, 0.3) is 0 Å². The standard InChI is InChI=1S/C13H17NO3/c1-8-3-4-10(9(2)5-8)11(14)13(12(15)16)6-17-7-13/h3-5,11H,6-7,14H2,1-2H3,(H,15,16). The Morgan fingerprint density at radius 1 is 1.47 bits per heavy atom. The zero-order chi connectivity index (χ0) is 12.6. The molecule has 0 spiro atoms. The zero-order valence-corrected chi connectivity index (χ0v) is 10.1. The van der Waals surface area contributed by atoms with Crippen LogP contribution in [0.5, 0.6) is 0 Å². The first-order valence-electron chi connectivity index (χ1n) is 5.61. The molecule has 1 unspecified atom stereocenters. The molecule has 1 heterocycles. The highest BCUT2D eigenvalue weighted by molar-refractivity contribution is 5.77. The molecule has 0 amide bonds. The third-order valence-corrected chi connectivity index (χ3v) is 3.50. The molecule has 0 aromatic heterocycles. The third-order valence-electron chi connectivity index (χ3n) is 3.50. The number of benzene rings is 1. The summed E-state index contributed by atoms with van der Waals surface area (Å²) >= 11 is 0. The molecular formula is C13H17NO3. The van der Waals surface area contributed by atoms with Crippen molar-refractivity contribution in [2.45, 2.75) is 19.9 Å². The summed E-state index contributed by atoms with van der Waals surface area (Å²) < 4.78 is 5.04. The molecule has 0 bridgehead atoms. The highest BCUT2D eigenvalue weighted by Gasteiger charge is 2.52. The lowest BCUT2D eigenvalue weighted by molar-refractivity contribution is -0.184. The molecule has 2 rings (SSSR count). The molecular weight excluding hydrogens is 218 g/mol. The van der Waals surface area contributed by atoms with E-state index in [9.17, 15) is 9.90 Å². The maximum atomic E-state index is 11.3. The van der Waals surface area contributed by atoms with Crippen LogP contribution in [-0.4, -0.2) is 24.3 Å². The molecule has 3 N–H and O–H groups in total. The van der Waals surface area contributed by atoms with Crippen molar-refractivity contribution in [1.82, 2.24) is 0 Å². The average Bonchev–Trinajstić information content (AvgIpc) is 2.14. The van der Waals surface area contributed by atoms with E-state index in [-0.39, 0.29) is 13.2 Å². The van der Waals surface area contributed by atoms with Gasteiger partial charge in [-0.25, -0.2) is 0 Å². The molecule has 1 aliphatic heterocycles. The number of hydrogen-bond acceptors (Lipinski definition) is 3. The lowest BCUT2D eigenvalue weighted by Crippen LogP contribution is -2.55. The first-order chi connectivity index (χ1) is 7.97. The number of carbonyl (C=O) groups is 1. The number of rotatable bonds is 3. The normalized spacial score (nSPS) is 19.5. The van der Waals surface area contributed by atoms with Gasteiger partial charge in [0.05, 0.1) is 19.3 Å². The Balaban J connectivity index is 2.36. The van der Waals surface area contributed by atoms with Gasteiger partial charge in [0.15, 0.2) is 0 Å². The van der Waals surface area contributed by atoms with Gasteiger partial charge in [0, 0.05) is 0 Å². The van der Waals surface area contributed by atoms with E-state index < -0.39 is 17.4 Å². The van der Waals surface area contributed by atoms with Crippen molar-refractivity contribution in [3.63, 3.8) is 0 Å². The summed E-state index contributed by atoms with van der Waals surface area (Å²) in [6, 6.07) is 5.37. The highest BCUT2D eigenvalue weighted by Crippen LogP contribution is 2.40. The molecule has 1 fully saturated rings. The quantitative estimate of drug-likeness (QED) is 0.830. The van der Waals surface area contributed by atoms with E-state index in [1.165, 1.54) is 0 Å². The molecule has 92 valence electrons. The first-order valence-corrected chi connectivity index (χ1v) is 5.61. The van der Waals surface area contributed by atoms with E-state index in [2.05, 4.69) is 0 Å². The Bertz CT molecular complexity index is 452. The smallest absolute Gasteiger partial charge is 0.316 e. The van der Waals surface area contributed by atoms with Crippen LogP contribution < -0.4 is 5.73 Å². The van der Waals surface area contributed by atoms with Gasteiger partial charge < -0.3 is 15.6 Å². The maximum absolute atomic E-state index is 11.3. The lowest BCUT2D eigenvalue weighted by Gasteiger charge is -2.42. The molecule has 0 radical (unpaired) electrons. The fraction of sp³-hybridized carbons (Fsp3) is 0.462. The summed E-state index contributed by atoms with van der Waals surface area (Å²) in [4.78, 5) is 11.3. The molecule has 4 heteroatoms. The Morgan fingerprint density at radius 3 is 2.53 bits per heavy atom. The molecule has 1 atom stereocenters. The lowest BCUT2D eigenvalue weighted by atomic mass is 9.74. The molecule has 1 aromatic rings. The number of aryl methyl sites for hydroxylation is 2. The Hall–Kier alpha value is -1.39. The topological polar surface area (TPSA) is 72.6 Å². The largest absolute Gasteiger partial charge is 0.481 e. The fourth-order valence-corrected chi connectivity index (χ4v) is 2.23. The van der Waals surface area contributed by atoms with Gasteiger partial charge in [0.2, 0.25) is 0 Å². The third kappa shape index (κ3) is 1.83. The van der Waals surface area contributed by atoms with E-state index in [0.29, 0.717) is 0 Å². The van der Waals surface area contributed by atoms with Gasteiger partial charge in [-0.1, -0.05) is 23.8 Å². The van der Waals surface area contributed by atoms with Gasteiger partial charge in [-0.05, 0) is 25.0 Å². The van der Waals surface area contributed by atoms with Crippen LogP contribution in [0, 0.1) is 19.3 Å². The van der Waals surface area contributed by atoms with Crippen molar-refractivity contribution in [3.8, 4) is 0 Å². The molecule has 17 heavy (non-hydrogen) atoms. The van der Waals surface area contributed by atoms with Crippen LogP contribution >= 0.6 is 0 Å². The Kier molecular flexibility index (Phi) is 2.93. The second-order valence-electron chi connectivity index (χ2n) is 4.79. The fourth-order valence-electron chi connectivity index (χ4n) is 2.23. The minimum atomic E-state index is -0.958. The molecule has 0 aliphatic carbocycles. The van der Waals surface area contributed by atoms with Gasteiger partial charge in [0.1, 0.15) is 5.41 Å². The monoisotopic (exact) mass is 235 g/mol. The number of carboxylic acid groups (broad SMARTS) is 1. The van der Waals surface area contributed by atoms with Crippen molar-refractivity contribution in [1.29, 1.82) is 0 Å². The van der Waals surface area contributed by atoms with Gasteiger partial charge in [-0.15, -0.1) is 0 Å². The maximum Gasteiger partial charge on any atom is 0.316 e. The number of hydrogen-bond donors (Lipinski definition) is 2. The SMILES string of the molecule is Cc1ccc(C(N)C2(C(=O)O)COC2)c(C)c1. The summed E-state index contributed by atoms with van der Waals surface area (Å²) in [6.45, 7) is 4.34. The molecule has 0 saturated carbocycles. The second-order valence-corrected chi connectivity index (χ2v) is 4.79. The van der Waals surface area contributed by atoms with Gasteiger partial charge >= 0.3 is 5.97 Å². The summed E-state index contributed by atoms with van der Waals surface area (Å²) in [5.41, 5.74) is 8.24. The Morgan fingerprint density at radius 2 is 2.12 bits per heavy atom. The van der Waals surface area contributed by atoms with Crippen LogP contribution in [0.3, 0.4) is 0 Å². The van der Waals surface area contributed by atoms with Crippen molar-refractivity contribution in [2.24, 2.45) is 11.1 Å². The van der Waals surface area contributed by atoms with Gasteiger partial charge in [-0.2, -0.15) is 0 Å². The van der Waals surface area contributed by atoms with Crippen LogP contribution in [0.2, 0.25) is 0 Å². The minimum absolute atomic E-state index is 0.191. The van der Waals surface area contributed by atoms with Crippen LogP contribution in [-0.2, 0) is 9.53 Å². The number of nitrogens with two attached hydrogens (primary N) is 1. The summed E-state index contributed by atoms with van der Waals surface area (Å²) in [5, 5.41) is 9.30. The van der Waals surface area contributed by atoms with Crippen LogP contribution in [0.1, 0.15) is 22.7 Å². The van der Waals surface area contributed by atoms with Crippen LogP contribution in [0.15, 0.2) is 18.2 Å². The predicted molar refractivity (Wildman–Crippen MR) is 63.7 cm³/mol. The summed E-state index contributed by atoms with van der Waals surface area (Å²) in [5.74, 6) is -0.878. The van der Waals surface area contributed by atoms with E-state index >= 15 is 0 Å². The van der Waals surface area contributed by atoms with E-state index in [0.717, 1.165) is 16.7 Å². The van der Waals surface area contributed by atoms with E-state index in [1.807, 2.05) is 32.0 Å². The minimum Gasteiger partial charge on any atom is -0.481 e. The summed E-state index contributed by atoms with van der Waals surface area (Å²) in [6.07, 6.45) is 0. The predicted octanol–water partition coefficient (Wildman–Crippen LogP) is 1.40.